The molecule has 0 saturated heterocycles. The third-order valence-corrected chi connectivity index (χ3v) is 3.73. The van der Waals surface area contributed by atoms with Gasteiger partial charge in [0, 0.05) is 11.1 Å². The highest BCUT2D eigenvalue weighted by Gasteiger charge is 2.40. The lowest BCUT2D eigenvalue weighted by Crippen LogP contribution is -2.30. The fourth-order valence-corrected chi connectivity index (χ4v) is 2.52. The van der Waals surface area contributed by atoms with Gasteiger partial charge >= 0.3 is 0 Å². The average Bonchev–Trinajstić information content (AvgIpc) is 2.84. The standard InChI is InChI=1S/C17H14N2O5/c1-24-11-8-7-10-12(15(21)16(22)14(10)20)13(11)18-19-17(23)9-5-3-2-4-6-9/h2-8,16,18,22H,1H3,(H,19,23). The van der Waals surface area contributed by atoms with Gasteiger partial charge in [-0.1, -0.05) is 18.2 Å². The molecule has 1 amide bonds. The van der Waals surface area contributed by atoms with E-state index in [2.05, 4.69) is 10.9 Å². The van der Waals surface area contributed by atoms with E-state index in [9.17, 15) is 19.5 Å². The molecule has 2 aromatic carbocycles. The Hall–Kier alpha value is -3.19. The zero-order valence-electron chi connectivity index (χ0n) is 12.7. The van der Waals surface area contributed by atoms with Crippen LogP contribution >= 0.6 is 0 Å². The number of hydrogen-bond acceptors (Lipinski definition) is 6. The predicted molar refractivity (Wildman–Crippen MR) is 85.2 cm³/mol. The maximum atomic E-state index is 12.1. The maximum Gasteiger partial charge on any atom is 0.269 e. The number of benzene rings is 2. The average molecular weight is 326 g/mol. The van der Waals surface area contributed by atoms with Crippen LogP contribution in [-0.2, 0) is 0 Å². The minimum absolute atomic E-state index is 0.000196. The number of amides is 1. The second-order valence-corrected chi connectivity index (χ2v) is 5.14. The van der Waals surface area contributed by atoms with E-state index in [1.165, 1.54) is 19.2 Å². The van der Waals surface area contributed by atoms with Gasteiger partial charge in [-0.2, -0.15) is 0 Å². The SMILES string of the molecule is COc1ccc2c(c1NNC(=O)c1ccccc1)C(=O)C(O)C2=O. The van der Waals surface area contributed by atoms with Crippen molar-refractivity contribution < 1.29 is 24.2 Å². The minimum atomic E-state index is -1.72. The van der Waals surface area contributed by atoms with E-state index in [1.807, 2.05) is 0 Å². The Kier molecular flexibility index (Phi) is 4.01. The summed E-state index contributed by atoms with van der Waals surface area (Å²) in [6.07, 6.45) is -1.72. The van der Waals surface area contributed by atoms with Gasteiger partial charge < -0.3 is 9.84 Å². The lowest BCUT2D eigenvalue weighted by atomic mass is 10.1. The summed E-state index contributed by atoms with van der Waals surface area (Å²) in [4.78, 5) is 36.1. The lowest BCUT2D eigenvalue weighted by Gasteiger charge is -2.15. The number of hydrazine groups is 1. The van der Waals surface area contributed by atoms with Crippen LogP contribution in [0, 0.1) is 0 Å². The number of fused-ring (bicyclic) bond motifs is 1. The van der Waals surface area contributed by atoms with Crippen LogP contribution in [-0.4, -0.2) is 35.8 Å². The number of anilines is 1. The molecule has 122 valence electrons. The van der Waals surface area contributed by atoms with Crippen molar-refractivity contribution in [2.45, 2.75) is 6.10 Å². The molecule has 1 aliphatic carbocycles. The van der Waals surface area contributed by atoms with Gasteiger partial charge in [0.05, 0.1) is 12.7 Å². The number of aliphatic hydroxyl groups excluding tert-OH is 1. The van der Waals surface area contributed by atoms with E-state index in [1.54, 1.807) is 30.3 Å². The number of nitrogens with one attached hydrogen (secondary N) is 2. The number of aliphatic hydroxyl groups is 1. The molecule has 0 saturated carbocycles. The van der Waals surface area contributed by atoms with E-state index in [-0.39, 0.29) is 22.6 Å². The monoisotopic (exact) mass is 326 g/mol. The largest absolute Gasteiger partial charge is 0.494 e. The number of carbonyl (C=O) groups is 3. The van der Waals surface area contributed by atoms with E-state index in [4.69, 9.17) is 4.74 Å². The van der Waals surface area contributed by atoms with Crippen molar-refractivity contribution in [1.29, 1.82) is 0 Å². The molecule has 24 heavy (non-hydrogen) atoms. The molecule has 3 rings (SSSR count). The van der Waals surface area contributed by atoms with Crippen LogP contribution in [0.1, 0.15) is 31.1 Å². The van der Waals surface area contributed by atoms with Crippen molar-refractivity contribution in [2.75, 3.05) is 12.5 Å². The van der Waals surface area contributed by atoms with Gasteiger partial charge in [-0.15, -0.1) is 0 Å². The van der Waals surface area contributed by atoms with Crippen LogP contribution in [0.3, 0.4) is 0 Å². The predicted octanol–water partition coefficient (Wildman–Crippen LogP) is 1.19. The highest BCUT2D eigenvalue weighted by Crippen LogP contribution is 2.36. The summed E-state index contributed by atoms with van der Waals surface area (Å²) in [5.41, 5.74) is 5.72. The zero-order valence-corrected chi connectivity index (χ0v) is 12.7. The van der Waals surface area contributed by atoms with E-state index in [0.717, 1.165) is 0 Å². The molecule has 2 aromatic rings. The lowest BCUT2D eigenvalue weighted by molar-refractivity contribution is 0.0663. The molecule has 0 radical (unpaired) electrons. The maximum absolute atomic E-state index is 12.1. The van der Waals surface area contributed by atoms with Gasteiger partial charge in [0.25, 0.3) is 5.91 Å². The van der Waals surface area contributed by atoms with Crippen molar-refractivity contribution in [3.05, 3.63) is 59.2 Å². The minimum Gasteiger partial charge on any atom is -0.494 e. The molecule has 1 atom stereocenters. The van der Waals surface area contributed by atoms with Crippen LogP contribution in [0.15, 0.2) is 42.5 Å². The second kappa shape index (κ2) is 6.13. The first-order valence-electron chi connectivity index (χ1n) is 7.13. The topological polar surface area (TPSA) is 105 Å². The van der Waals surface area contributed by atoms with E-state index < -0.39 is 23.6 Å². The van der Waals surface area contributed by atoms with Crippen LogP contribution < -0.4 is 15.6 Å². The Morgan fingerprint density at radius 2 is 1.79 bits per heavy atom. The molecule has 0 spiro atoms. The van der Waals surface area contributed by atoms with Gasteiger partial charge in [0.15, 0.2) is 11.9 Å². The number of ketones is 2. The Labute approximate surface area is 137 Å². The fourth-order valence-electron chi connectivity index (χ4n) is 2.52. The number of hydrogen-bond donors (Lipinski definition) is 3. The van der Waals surface area contributed by atoms with E-state index >= 15 is 0 Å². The zero-order chi connectivity index (χ0) is 17.3. The van der Waals surface area contributed by atoms with Crippen LogP contribution in [0.25, 0.3) is 0 Å². The quantitative estimate of drug-likeness (QED) is 0.576. The van der Waals surface area contributed by atoms with Crippen molar-refractivity contribution in [1.82, 2.24) is 5.43 Å². The number of methoxy groups -OCH3 is 1. The summed E-state index contributed by atoms with van der Waals surface area (Å²) < 4.78 is 5.17. The summed E-state index contributed by atoms with van der Waals surface area (Å²) in [6.45, 7) is 0. The molecular formula is C17H14N2O5. The Morgan fingerprint density at radius 3 is 2.46 bits per heavy atom. The summed E-state index contributed by atoms with van der Waals surface area (Å²) in [5, 5.41) is 9.68. The number of Topliss-reactive ketones (excluding diaryl/α,β-unsaturated/α-hetero) is 2. The van der Waals surface area contributed by atoms with Crippen molar-refractivity contribution in [2.24, 2.45) is 0 Å². The highest BCUT2D eigenvalue weighted by atomic mass is 16.5. The van der Waals surface area contributed by atoms with Crippen LogP contribution in [0.5, 0.6) is 5.75 Å². The van der Waals surface area contributed by atoms with Gasteiger partial charge in [-0.05, 0) is 24.3 Å². The first-order valence-corrected chi connectivity index (χ1v) is 7.13. The molecule has 0 fully saturated rings. The number of carbonyl (C=O) groups excluding carboxylic acids is 3. The highest BCUT2D eigenvalue weighted by molar-refractivity contribution is 6.30. The molecule has 0 aromatic heterocycles. The Bertz CT molecular complexity index is 832. The molecule has 7 nitrogen and oxygen atoms in total. The van der Waals surface area contributed by atoms with Crippen molar-refractivity contribution in [3.8, 4) is 5.75 Å². The molecule has 3 N–H and O–H groups in total. The second-order valence-electron chi connectivity index (χ2n) is 5.14. The van der Waals surface area contributed by atoms with Gasteiger partial charge in [-0.3, -0.25) is 25.2 Å². The van der Waals surface area contributed by atoms with Crippen LogP contribution in [0.4, 0.5) is 5.69 Å². The smallest absolute Gasteiger partial charge is 0.269 e. The summed E-state index contributed by atoms with van der Waals surface area (Å²) >= 11 is 0. The molecule has 0 bridgehead atoms. The first-order chi connectivity index (χ1) is 11.5. The van der Waals surface area contributed by atoms with Gasteiger partial charge in [0.1, 0.15) is 11.4 Å². The van der Waals surface area contributed by atoms with Crippen molar-refractivity contribution >= 4 is 23.2 Å². The van der Waals surface area contributed by atoms with Crippen LogP contribution in [0.2, 0.25) is 0 Å². The molecule has 0 aliphatic heterocycles. The number of rotatable bonds is 4. The Morgan fingerprint density at radius 1 is 1.08 bits per heavy atom. The molecule has 1 unspecified atom stereocenters. The Balaban J connectivity index is 1.92. The van der Waals surface area contributed by atoms with E-state index in [0.29, 0.717) is 5.56 Å². The normalized spacial score (nSPS) is 15.8. The molecule has 0 heterocycles. The molecular weight excluding hydrogens is 312 g/mol. The van der Waals surface area contributed by atoms with Gasteiger partial charge in [0.2, 0.25) is 5.78 Å². The number of ether oxygens (including phenoxy) is 1. The summed E-state index contributed by atoms with van der Waals surface area (Å²) in [7, 11) is 1.39. The summed E-state index contributed by atoms with van der Waals surface area (Å²) in [5.74, 6) is -1.56. The first kappa shape index (κ1) is 15.7. The fraction of sp³-hybridized carbons (Fsp3) is 0.118. The molecule has 7 heteroatoms. The third-order valence-electron chi connectivity index (χ3n) is 3.73. The third kappa shape index (κ3) is 2.50. The van der Waals surface area contributed by atoms with Crippen molar-refractivity contribution in [3.63, 3.8) is 0 Å². The van der Waals surface area contributed by atoms with Gasteiger partial charge in [-0.25, -0.2) is 0 Å². The summed E-state index contributed by atoms with van der Waals surface area (Å²) in [6, 6.07) is 11.4. The molecule has 1 aliphatic rings.